The monoisotopic (exact) mass is 439 g/mol. The number of non-ortho nitro benzene ring substituents is 1. The number of amides is 1. The Morgan fingerprint density at radius 2 is 1.55 bits per heavy atom. The van der Waals surface area contributed by atoms with Crippen molar-refractivity contribution in [3.8, 4) is 0 Å². The minimum atomic E-state index is -0.441. The SMILES string of the molecule is CC(Cc1ccc([N+](=O)[O-])cc1)n1ccc(C(c2ccccc2)c2ccc(C(N)=O)cc2)c1. The molecule has 0 fully saturated rings. The molecule has 0 aliphatic carbocycles. The summed E-state index contributed by atoms with van der Waals surface area (Å²) < 4.78 is 2.17. The van der Waals surface area contributed by atoms with Crippen LogP contribution in [0.3, 0.4) is 0 Å². The average Bonchev–Trinajstić information content (AvgIpc) is 3.30. The number of aromatic nitrogens is 1. The maximum absolute atomic E-state index is 11.5. The molecule has 3 aromatic carbocycles. The van der Waals surface area contributed by atoms with Crippen LogP contribution in [0.25, 0.3) is 0 Å². The van der Waals surface area contributed by atoms with Crippen molar-refractivity contribution in [3.05, 3.63) is 135 Å². The van der Waals surface area contributed by atoms with Gasteiger partial charge in [-0.3, -0.25) is 14.9 Å². The lowest BCUT2D eigenvalue weighted by atomic mass is 9.86. The van der Waals surface area contributed by atoms with Crippen LogP contribution >= 0.6 is 0 Å². The van der Waals surface area contributed by atoms with Crippen molar-refractivity contribution < 1.29 is 9.72 Å². The Morgan fingerprint density at radius 3 is 2.15 bits per heavy atom. The highest BCUT2D eigenvalue weighted by Crippen LogP contribution is 2.33. The van der Waals surface area contributed by atoms with Gasteiger partial charge < -0.3 is 10.3 Å². The molecule has 0 spiro atoms. The van der Waals surface area contributed by atoms with E-state index >= 15 is 0 Å². The van der Waals surface area contributed by atoms with Crippen molar-refractivity contribution in [2.45, 2.75) is 25.3 Å². The zero-order chi connectivity index (χ0) is 23.4. The van der Waals surface area contributed by atoms with Crippen LogP contribution in [0.4, 0.5) is 5.69 Å². The minimum absolute atomic E-state index is 0.0148. The first-order valence-corrected chi connectivity index (χ1v) is 10.8. The highest BCUT2D eigenvalue weighted by atomic mass is 16.6. The number of nitrogens with two attached hydrogens (primary N) is 1. The summed E-state index contributed by atoms with van der Waals surface area (Å²) in [4.78, 5) is 22.0. The van der Waals surface area contributed by atoms with Crippen molar-refractivity contribution in [2.24, 2.45) is 5.73 Å². The van der Waals surface area contributed by atoms with E-state index in [0.717, 1.165) is 28.7 Å². The van der Waals surface area contributed by atoms with Crippen molar-refractivity contribution in [2.75, 3.05) is 0 Å². The highest BCUT2D eigenvalue weighted by Gasteiger charge is 2.19. The molecule has 1 amide bonds. The standard InChI is InChI=1S/C27H25N3O3/c1-19(17-20-7-13-25(14-8-20)30(32)33)29-16-15-24(18-29)26(21-5-3-2-4-6-21)22-9-11-23(12-10-22)27(28)31/h2-16,18-19,26H,17H2,1H3,(H2,28,31). The number of benzene rings is 3. The Bertz CT molecular complexity index is 1250. The van der Waals surface area contributed by atoms with Gasteiger partial charge >= 0.3 is 0 Å². The van der Waals surface area contributed by atoms with Gasteiger partial charge in [0.15, 0.2) is 0 Å². The number of nitrogens with zero attached hydrogens (tertiary/aromatic N) is 2. The van der Waals surface area contributed by atoms with Gasteiger partial charge in [0.1, 0.15) is 0 Å². The van der Waals surface area contributed by atoms with Crippen molar-refractivity contribution in [3.63, 3.8) is 0 Å². The molecule has 6 heteroatoms. The van der Waals surface area contributed by atoms with Gasteiger partial charge in [-0.2, -0.15) is 0 Å². The van der Waals surface area contributed by atoms with Gasteiger partial charge in [0.2, 0.25) is 5.91 Å². The Labute approximate surface area is 192 Å². The second kappa shape index (κ2) is 9.53. The molecule has 2 atom stereocenters. The van der Waals surface area contributed by atoms with E-state index in [4.69, 9.17) is 5.73 Å². The van der Waals surface area contributed by atoms with Crippen molar-refractivity contribution >= 4 is 11.6 Å². The van der Waals surface area contributed by atoms with Crippen LogP contribution in [0.5, 0.6) is 0 Å². The number of hydrogen-bond donors (Lipinski definition) is 1. The maximum atomic E-state index is 11.5. The summed E-state index contributed by atoms with van der Waals surface area (Å²) in [5.41, 5.74) is 10.4. The lowest BCUT2D eigenvalue weighted by molar-refractivity contribution is -0.384. The number of nitro groups is 1. The van der Waals surface area contributed by atoms with Crippen LogP contribution in [-0.2, 0) is 6.42 Å². The van der Waals surface area contributed by atoms with Gasteiger partial charge in [0.25, 0.3) is 5.69 Å². The quantitative estimate of drug-likeness (QED) is 0.291. The molecule has 4 aromatic rings. The highest BCUT2D eigenvalue weighted by molar-refractivity contribution is 5.92. The summed E-state index contributed by atoms with van der Waals surface area (Å²) in [5, 5.41) is 10.9. The number of hydrogen-bond acceptors (Lipinski definition) is 3. The summed E-state index contributed by atoms with van der Waals surface area (Å²) in [5.74, 6) is -0.426. The largest absolute Gasteiger partial charge is 0.366 e. The molecule has 1 aromatic heterocycles. The molecule has 2 N–H and O–H groups in total. The molecule has 0 saturated carbocycles. The first-order chi connectivity index (χ1) is 15.9. The van der Waals surface area contributed by atoms with Crippen LogP contribution in [-0.4, -0.2) is 15.4 Å². The van der Waals surface area contributed by atoms with Crippen LogP contribution in [0, 0.1) is 10.1 Å². The first-order valence-electron chi connectivity index (χ1n) is 10.8. The maximum Gasteiger partial charge on any atom is 0.269 e. The average molecular weight is 440 g/mol. The van der Waals surface area contributed by atoms with E-state index in [9.17, 15) is 14.9 Å². The van der Waals surface area contributed by atoms with E-state index in [1.54, 1.807) is 24.3 Å². The predicted molar refractivity (Wildman–Crippen MR) is 128 cm³/mol. The Hall–Kier alpha value is -4.19. The smallest absolute Gasteiger partial charge is 0.269 e. The number of carbonyl (C=O) groups excluding carboxylic acids is 1. The number of primary amides is 1. The Kier molecular flexibility index (Phi) is 6.36. The molecule has 0 saturated heterocycles. The van der Waals surface area contributed by atoms with Gasteiger partial charge in [0.05, 0.1) is 4.92 Å². The topological polar surface area (TPSA) is 91.2 Å². The van der Waals surface area contributed by atoms with E-state index in [1.165, 1.54) is 0 Å². The van der Waals surface area contributed by atoms with Crippen molar-refractivity contribution in [1.29, 1.82) is 0 Å². The molecule has 6 nitrogen and oxygen atoms in total. The zero-order valence-electron chi connectivity index (χ0n) is 18.3. The molecule has 1 heterocycles. The van der Waals surface area contributed by atoms with E-state index in [2.05, 4.69) is 42.1 Å². The third-order valence-electron chi connectivity index (χ3n) is 5.92. The normalized spacial score (nSPS) is 12.8. The number of nitro benzene ring substituents is 1. The summed E-state index contributed by atoms with van der Waals surface area (Å²) in [6.07, 6.45) is 4.98. The van der Waals surface area contributed by atoms with Gasteiger partial charge in [-0.25, -0.2) is 0 Å². The molecule has 4 rings (SSSR count). The predicted octanol–water partition coefficient (Wildman–Crippen LogP) is 5.48. The number of rotatable bonds is 8. The molecular weight excluding hydrogens is 414 g/mol. The lowest BCUT2D eigenvalue weighted by Crippen LogP contribution is -2.11. The summed E-state index contributed by atoms with van der Waals surface area (Å²) in [6, 6.07) is 26.7. The lowest BCUT2D eigenvalue weighted by Gasteiger charge is -2.18. The fourth-order valence-corrected chi connectivity index (χ4v) is 4.14. The molecule has 0 aliphatic rings. The molecule has 0 radical (unpaired) electrons. The second-order valence-corrected chi connectivity index (χ2v) is 8.20. The van der Waals surface area contributed by atoms with Crippen LogP contribution < -0.4 is 5.73 Å². The molecule has 166 valence electrons. The fourth-order valence-electron chi connectivity index (χ4n) is 4.14. The minimum Gasteiger partial charge on any atom is -0.366 e. The summed E-state index contributed by atoms with van der Waals surface area (Å²) in [6.45, 7) is 2.13. The van der Waals surface area contributed by atoms with Gasteiger partial charge in [-0.15, -0.1) is 0 Å². The first kappa shape index (κ1) is 22.0. The third-order valence-corrected chi connectivity index (χ3v) is 5.92. The zero-order valence-corrected chi connectivity index (χ0v) is 18.3. The van der Waals surface area contributed by atoms with Crippen LogP contribution in [0.1, 0.15) is 51.5 Å². The third kappa shape index (κ3) is 5.01. The molecule has 33 heavy (non-hydrogen) atoms. The molecule has 2 unspecified atom stereocenters. The van der Waals surface area contributed by atoms with Gasteiger partial charge in [0, 0.05) is 42.0 Å². The van der Waals surface area contributed by atoms with E-state index in [-0.39, 0.29) is 22.6 Å². The van der Waals surface area contributed by atoms with Gasteiger partial charge in [-0.05, 0) is 53.8 Å². The van der Waals surface area contributed by atoms with Crippen molar-refractivity contribution in [1.82, 2.24) is 4.57 Å². The second-order valence-electron chi connectivity index (χ2n) is 8.20. The summed E-state index contributed by atoms with van der Waals surface area (Å²) in [7, 11) is 0. The molecule has 0 aliphatic heterocycles. The Morgan fingerprint density at radius 1 is 0.909 bits per heavy atom. The van der Waals surface area contributed by atoms with Crippen LogP contribution in [0.15, 0.2) is 97.3 Å². The summed E-state index contributed by atoms with van der Waals surface area (Å²) >= 11 is 0. The van der Waals surface area contributed by atoms with E-state index in [0.29, 0.717) is 5.56 Å². The Balaban J connectivity index is 1.60. The van der Waals surface area contributed by atoms with E-state index in [1.807, 2.05) is 42.5 Å². The molecule has 0 bridgehead atoms. The fraction of sp³-hybridized carbons (Fsp3) is 0.148. The van der Waals surface area contributed by atoms with Crippen LogP contribution in [0.2, 0.25) is 0 Å². The van der Waals surface area contributed by atoms with E-state index < -0.39 is 5.91 Å². The number of carbonyl (C=O) groups is 1. The molecular formula is C27H25N3O3. The van der Waals surface area contributed by atoms with Gasteiger partial charge in [-0.1, -0.05) is 54.6 Å².